The largest absolute Gasteiger partial charge is 0.370 e. The van der Waals surface area contributed by atoms with Crippen LogP contribution in [0.1, 0.15) is 29.5 Å². The highest BCUT2D eigenvalue weighted by molar-refractivity contribution is 5.92. The Morgan fingerprint density at radius 1 is 1.21 bits per heavy atom. The van der Waals surface area contributed by atoms with E-state index in [1.165, 1.54) is 17.8 Å². The number of nitrogens with one attached hydrogen (secondary N) is 1. The van der Waals surface area contributed by atoms with Gasteiger partial charge in [-0.2, -0.15) is 0 Å². The van der Waals surface area contributed by atoms with E-state index in [9.17, 15) is 0 Å². The smallest absolute Gasteiger partial charge is 0.212 e. The highest BCUT2D eigenvalue weighted by atomic mass is 15.4. The lowest BCUT2D eigenvalue weighted by Gasteiger charge is -2.24. The predicted octanol–water partition coefficient (Wildman–Crippen LogP) is 1.66. The Kier molecular flexibility index (Phi) is 2.15. The fourth-order valence-electron chi connectivity index (χ4n) is 2.94. The van der Waals surface area contributed by atoms with E-state index in [1.807, 2.05) is 18.2 Å². The molecular formula is C14H15N5. The molecule has 19 heavy (non-hydrogen) atoms. The fourth-order valence-corrected chi connectivity index (χ4v) is 2.94. The van der Waals surface area contributed by atoms with E-state index in [2.05, 4.69) is 32.0 Å². The number of fused-ring (bicyclic) bond motifs is 3. The maximum Gasteiger partial charge on any atom is 0.212 e. The Labute approximate surface area is 111 Å². The zero-order valence-electron chi connectivity index (χ0n) is 10.5. The highest BCUT2D eigenvalue weighted by Gasteiger charge is 2.29. The molecule has 5 heteroatoms. The summed E-state index contributed by atoms with van der Waals surface area (Å²) in [5.41, 5.74) is 9.51. The molecule has 96 valence electrons. The van der Waals surface area contributed by atoms with E-state index < -0.39 is 0 Å². The topological polar surface area (TPSA) is 68.2 Å². The molecular weight excluding hydrogens is 238 g/mol. The van der Waals surface area contributed by atoms with Gasteiger partial charge in [0.25, 0.3) is 0 Å². The SMILES string of the molecule is NC1=NC(c2ccccc2)n2c(nc3c2CCC3)N1. The summed E-state index contributed by atoms with van der Waals surface area (Å²) in [4.78, 5) is 9.20. The van der Waals surface area contributed by atoms with Gasteiger partial charge in [0.15, 0.2) is 12.1 Å². The number of nitrogens with two attached hydrogens (primary N) is 1. The van der Waals surface area contributed by atoms with Crippen LogP contribution in [0.15, 0.2) is 35.3 Å². The average Bonchev–Trinajstić information content (AvgIpc) is 2.98. The molecule has 0 saturated heterocycles. The maximum absolute atomic E-state index is 5.88. The standard InChI is InChI=1S/C14H15N5/c15-13-17-12(9-5-2-1-3-6-9)19-11-8-4-7-10(11)16-14(19)18-13/h1-3,5-6,12H,4,7-8H2,(H3,15,16,17,18). The van der Waals surface area contributed by atoms with Crippen LogP contribution in [-0.4, -0.2) is 15.5 Å². The Bertz CT molecular complexity index is 656. The van der Waals surface area contributed by atoms with Gasteiger partial charge in [-0.25, -0.2) is 9.98 Å². The molecule has 1 atom stereocenters. The van der Waals surface area contributed by atoms with Crippen molar-refractivity contribution in [3.8, 4) is 0 Å². The minimum Gasteiger partial charge on any atom is -0.370 e. The minimum absolute atomic E-state index is 0.0909. The third-order valence-electron chi connectivity index (χ3n) is 3.76. The third kappa shape index (κ3) is 1.54. The maximum atomic E-state index is 5.88. The lowest BCUT2D eigenvalue weighted by Crippen LogP contribution is -2.32. The van der Waals surface area contributed by atoms with Crippen molar-refractivity contribution in [1.29, 1.82) is 0 Å². The lowest BCUT2D eigenvalue weighted by atomic mass is 10.1. The number of aromatic nitrogens is 2. The zero-order chi connectivity index (χ0) is 12.8. The van der Waals surface area contributed by atoms with Crippen LogP contribution in [0, 0.1) is 0 Å². The van der Waals surface area contributed by atoms with Crippen molar-refractivity contribution in [2.24, 2.45) is 10.7 Å². The van der Waals surface area contributed by atoms with Gasteiger partial charge in [-0.1, -0.05) is 30.3 Å². The van der Waals surface area contributed by atoms with Gasteiger partial charge in [-0.3, -0.25) is 9.88 Å². The van der Waals surface area contributed by atoms with Crippen molar-refractivity contribution >= 4 is 11.9 Å². The number of rotatable bonds is 1. The zero-order valence-corrected chi connectivity index (χ0v) is 10.5. The van der Waals surface area contributed by atoms with Crippen LogP contribution in [0.5, 0.6) is 0 Å². The molecule has 3 N–H and O–H groups in total. The number of aryl methyl sites for hydroxylation is 1. The van der Waals surface area contributed by atoms with Crippen LogP contribution >= 0.6 is 0 Å². The molecule has 2 aromatic rings. The second kappa shape index (κ2) is 3.85. The van der Waals surface area contributed by atoms with Crippen molar-refractivity contribution in [2.45, 2.75) is 25.4 Å². The summed E-state index contributed by atoms with van der Waals surface area (Å²) in [5, 5.41) is 3.07. The van der Waals surface area contributed by atoms with Gasteiger partial charge in [0, 0.05) is 5.69 Å². The number of hydrogen-bond acceptors (Lipinski definition) is 4. The minimum atomic E-state index is -0.0909. The second-order valence-corrected chi connectivity index (χ2v) is 4.98. The summed E-state index contributed by atoms with van der Waals surface area (Å²) in [6.45, 7) is 0. The number of imidazole rings is 1. The Morgan fingerprint density at radius 2 is 2.05 bits per heavy atom. The summed E-state index contributed by atoms with van der Waals surface area (Å²) < 4.78 is 2.19. The molecule has 1 aliphatic carbocycles. The number of hydrogen-bond donors (Lipinski definition) is 2. The first kappa shape index (κ1) is 10.6. The van der Waals surface area contributed by atoms with Gasteiger partial charge in [0.1, 0.15) is 0 Å². The van der Waals surface area contributed by atoms with E-state index >= 15 is 0 Å². The fraction of sp³-hybridized carbons (Fsp3) is 0.286. The molecule has 4 rings (SSSR count). The van der Waals surface area contributed by atoms with Crippen LogP contribution in [0.4, 0.5) is 5.95 Å². The van der Waals surface area contributed by atoms with Crippen LogP contribution in [0.2, 0.25) is 0 Å². The van der Waals surface area contributed by atoms with E-state index in [-0.39, 0.29) is 6.17 Å². The number of aliphatic imine (C=N–C) groups is 1. The number of anilines is 1. The van der Waals surface area contributed by atoms with Gasteiger partial charge < -0.3 is 5.73 Å². The van der Waals surface area contributed by atoms with Crippen LogP contribution in [0.25, 0.3) is 0 Å². The summed E-state index contributed by atoms with van der Waals surface area (Å²) >= 11 is 0. The molecule has 0 saturated carbocycles. The Morgan fingerprint density at radius 3 is 2.89 bits per heavy atom. The Hall–Kier alpha value is -2.30. The van der Waals surface area contributed by atoms with Crippen molar-refractivity contribution in [3.05, 3.63) is 47.3 Å². The Balaban J connectivity index is 1.90. The number of nitrogens with zero attached hydrogens (tertiary/aromatic N) is 3. The predicted molar refractivity (Wildman–Crippen MR) is 74.1 cm³/mol. The number of benzene rings is 1. The summed E-state index contributed by atoms with van der Waals surface area (Å²) in [6.07, 6.45) is 3.21. The van der Waals surface area contributed by atoms with E-state index in [0.29, 0.717) is 5.96 Å². The molecule has 1 unspecified atom stereocenters. The molecule has 2 aliphatic rings. The van der Waals surface area contributed by atoms with Crippen LogP contribution in [0.3, 0.4) is 0 Å². The number of guanidine groups is 1. The normalized spacial score (nSPS) is 20.4. The lowest BCUT2D eigenvalue weighted by molar-refractivity contribution is 0.584. The van der Waals surface area contributed by atoms with Crippen molar-refractivity contribution < 1.29 is 0 Å². The van der Waals surface area contributed by atoms with Gasteiger partial charge in [-0.05, 0) is 24.8 Å². The molecule has 5 nitrogen and oxygen atoms in total. The van der Waals surface area contributed by atoms with Crippen molar-refractivity contribution in [2.75, 3.05) is 5.32 Å². The van der Waals surface area contributed by atoms with Gasteiger partial charge >= 0.3 is 0 Å². The van der Waals surface area contributed by atoms with Crippen molar-refractivity contribution in [1.82, 2.24) is 9.55 Å². The quantitative estimate of drug-likeness (QED) is 0.812. The third-order valence-corrected chi connectivity index (χ3v) is 3.76. The first-order valence-electron chi connectivity index (χ1n) is 6.58. The molecule has 0 radical (unpaired) electrons. The molecule has 2 heterocycles. The van der Waals surface area contributed by atoms with Crippen molar-refractivity contribution in [3.63, 3.8) is 0 Å². The van der Waals surface area contributed by atoms with Crippen LogP contribution in [-0.2, 0) is 12.8 Å². The molecule has 0 fully saturated rings. The summed E-state index contributed by atoms with van der Waals surface area (Å²) in [6, 6.07) is 10.2. The molecule has 1 aromatic heterocycles. The molecule has 1 aromatic carbocycles. The molecule has 0 spiro atoms. The van der Waals surface area contributed by atoms with E-state index in [4.69, 9.17) is 5.73 Å². The molecule has 0 bridgehead atoms. The van der Waals surface area contributed by atoms with Gasteiger partial charge in [0.05, 0.1) is 5.69 Å². The summed E-state index contributed by atoms with van der Waals surface area (Å²) in [5.74, 6) is 1.26. The molecule has 1 aliphatic heterocycles. The van der Waals surface area contributed by atoms with Gasteiger partial charge in [-0.15, -0.1) is 0 Å². The second-order valence-electron chi connectivity index (χ2n) is 4.98. The first-order chi connectivity index (χ1) is 9.33. The van der Waals surface area contributed by atoms with E-state index in [1.54, 1.807) is 0 Å². The first-order valence-corrected chi connectivity index (χ1v) is 6.58. The summed E-state index contributed by atoms with van der Waals surface area (Å²) in [7, 11) is 0. The highest BCUT2D eigenvalue weighted by Crippen LogP contribution is 2.34. The van der Waals surface area contributed by atoms with Crippen LogP contribution < -0.4 is 11.1 Å². The average molecular weight is 253 g/mol. The monoisotopic (exact) mass is 253 g/mol. The molecule has 0 amide bonds. The van der Waals surface area contributed by atoms with E-state index in [0.717, 1.165) is 24.4 Å². The van der Waals surface area contributed by atoms with Gasteiger partial charge in [0.2, 0.25) is 5.95 Å².